The van der Waals surface area contributed by atoms with Crippen LogP contribution in [-0.4, -0.2) is 22.5 Å². The van der Waals surface area contributed by atoms with Gasteiger partial charge in [0.1, 0.15) is 0 Å². The molecule has 1 aliphatic rings. The summed E-state index contributed by atoms with van der Waals surface area (Å²) in [6.45, 7) is 0. The minimum absolute atomic E-state index is 0.210. The van der Waals surface area contributed by atoms with Crippen molar-refractivity contribution in [2.75, 3.05) is 6.26 Å². The smallest absolute Gasteiger partial charge is 0.264 e. The summed E-state index contributed by atoms with van der Waals surface area (Å²) in [5, 5.41) is 14.2. The lowest BCUT2D eigenvalue weighted by atomic mass is 10.2. The lowest BCUT2D eigenvalue weighted by Gasteiger charge is -1.97. The summed E-state index contributed by atoms with van der Waals surface area (Å²) in [6, 6.07) is 7.88. The molecule has 1 saturated heterocycles. The number of thioether (sulfide) groups is 2. The van der Waals surface area contributed by atoms with E-state index in [2.05, 4.69) is 10.5 Å². The maximum Gasteiger partial charge on any atom is 0.264 e. The monoisotopic (exact) mass is 266 g/mol. The predicted molar refractivity (Wildman–Crippen MR) is 71.2 cm³/mol. The van der Waals surface area contributed by atoms with Crippen molar-refractivity contribution in [1.29, 1.82) is 0 Å². The average molecular weight is 266 g/mol. The number of nitrogens with zero attached hydrogens (tertiary/aromatic N) is 1. The second-order valence-corrected chi connectivity index (χ2v) is 5.15. The fourth-order valence-electron chi connectivity index (χ4n) is 1.33. The van der Waals surface area contributed by atoms with Crippen LogP contribution in [0.15, 0.2) is 39.2 Å². The van der Waals surface area contributed by atoms with E-state index in [1.807, 2.05) is 30.5 Å². The van der Waals surface area contributed by atoms with E-state index in [1.54, 1.807) is 17.8 Å². The number of carbonyl (C=O) groups is 1. The van der Waals surface area contributed by atoms with Crippen molar-refractivity contribution in [2.24, 2.45) is 5.16 Å². The first-order chi connectivity index (χ1) is 8.22. The Labute approximate surface area is 107 Å². The Morgan fingerprint density at radius 2 is 2.12 bits per heavy atom. The van der Waals surface area contributed by atoms with Gasteiger partial charge in [-0.25, -0.2) is 0 Å². The molecule has 6 heteroatoms. The van der Waals surface area contributed by atoms with Crippen LogP contribution in [0, 0.1) is 0 Å². The normalized spacial score (nSPS) is 19.9. The van der Waals surface area contributed by atoms with Crippen molar-refractivity contribution in [3.8, 4) is 0 Å². The molecule has 0 saturated carbocycles. The number of amidine groups is 1. The van der Waals surface area contributed by atoms with E-state index < -0.39 is 0 Å². The number of amides is 1. The SMILES string of the molecule is CSc1ccc(C=C2S/C(=N/O)NC2=O)cc1. The Balaban J connectivity index is 2.21. The zero-order valence-corrected chi connectivity index (χ0v) is 10.6. The van der Waals surface area contributed by atoms with Crippen molar-refractivity contribution < 1.29 is 10.0 Å². The number of nitrogens with one attached hydrogen (secondary N) is 1. The van der Waals surface area contributed by atoms with E-state index >= 15 is 0 Å². The van der Waals surface area contributed by atoms with Gasteiger partial charge in [-0.2, -0.15) is 0 Å². The molecule has 1 aromatic carbocycles. The highest BCUT2D eigenvalue weighted by Crippen LogP contribution is 2.26. The summed E-state index contributed by atoms with van der Waals surface area (Å²) in [5.41, 5.74) is 0.944. The summed E-state index contributed by atoms with van der Waals surface area (Å²) in [7, 11) is 0. The molecule has 1 fully saturated rings. The van der Waals surface area contributed by atoms with Gasteiger partial charge in [-0.15, -0.1) is 11.8 Å². The predicted octanol–water partition coefficient (Wildman–Crippen LogP) is 2.36. The van der Waals surface area contributed by atoms with Crippen molar-refractivity contribution in [3.63, 3.8) is 0 Å². The van der Waals surface area contributed by atoms with Gasteiger partial charge in [-0.3, -0.25) is 10.1 Å². The molecule has 2 rings (SSSR count). The standard InChI is InChI=1S/C11H10N2O2S2/c1-16-8-4-2-7(3-5-8)6-9-10(14)12-11(13-15)17-9/h2-6,15H,1H3,(H,12,13,14). The third-order valence-corrected chi connectivity index (χ3v) is 3.80. The quantitative estimate of drug-likeness (QED) is 0.373. The number of benzene rings is 1. The van der Waals surface area contributed by atoms with Crippen molar-refractivity contribution in [1.82, 2.24) is 5.32 Å². The van der Waals surface area contributed by atoms with Gasteiger partial charge in [-0.05, 0) is 41.8 Å². The Kier molecular flexibility index (Phi) is 3.75. The van der Waals surface area contributed by atoms with Crippen molar-refractivity contribution in [3.05, 3.63) is 34.7 Å². The lowest BCUT2D eigenvalue weighted by molar-refractivity contribution is -0.115. The Bertz CT molecular complexity index is 495. The van der Waals surface area contributed by atoms with E-state index in [0.29, 0.717) is 4.91 Å². The van der Waals surface area contributed by atoms with Gasteiger partial charge in [0.2, 0.25) is 5.17 Å². The van der Waals surface area contributed by atoms with Crippen molar-refractivity contribution >= 4 is 40.7 Å². The van der Waals surface area contributed by atoms with Crippen LogP contribution in [0.2, 0.25) is 0 Å². The largest absolute Gasteiger partial charge is 0.409 e. The third-order valence-electron chi connectivity index (χ3n) is 2.16. The van der Waals surface area contributed by atoms with E-state index in [1.165, 1.54) is 4.90 Å². The van der Waals surface area contributed by atoms with Crippen LogP contribution in [0.25, 0.3) is 6.08 Å². The lowest BCUT2D eigenvalue weighted by Crippen LogP contribution is -2.19. The van der Waals surface area contributed by atoms with Crippen LogP contribution in [0.3, 0.4) is 0 Å². The molecular formula is C11H10N2O2S2. The number of carbonyl (C=O) groups excluding carboxylic acids is 1. The molecule has 4 nitrogen and oxygen atoms in total. The molecule has 0 atom stereocenters. The molecule has 0 unspecified atom stereocenters. The molecule has 1 heterocycles. The first-order valence-corrected chi connectivity index (χ1v) is 6.84. The number of hydrogen-bond acceptors (Lipinski definition) is 5. The summed E-state index contributed by atoms with van der Waals surface area (Å²) in [4.78, 5) is 13.2. The molecule has 0 aliphatic carbocycles. The van der Waals surface area contributed by atoms with E-state index in [0.717, 1.165) is 17.3 Å². The van der Waals surface area contributed by atoms with Gasteiger partial charge in [0, 0.05) is 4.90 Å². The van der Waals surface area contributed by atoms with Crippen LogP contribution in [0.5, 0.6) is 0 Å². The number of rotatable bonds is 2. The van der Waals surface area contributed by atoms with Crippen LogP contribution in [0.1, 0.15) is 5.56 Å². The summed E-state index contributed by atoms with van der Waals surface area (Å²) >= 11 is 2.79. The third kappa shape index (κ3) is 2.83. The molecule has 1 amide bonds. The second kappa shape index (κ2) is 5.29. The first kappa shape index (κ1) is 12.1. The highest BCUT2D eigenvalue weighted by molar-refractivity contribution is 8.18. The second-order valence-electron chi connectivity index (χ2n) is 3.24. The van der Waals surface area contributed by atoms with E-state index in [4.69, 9.17) is 5.21 Å². The zero-order chi connectivity index (χ0) is 12.3. The molecule has 1 aromatic rings. The van der Waals surface area contributed by atoms with Crippen LogP contribution in [-0.2, 0) is 4.79 Å². The summed E-state index contributed by atoms with van der Waals surface area (Å²) in [6.07, 6.45) is 3.78. The van der Waals surface area contributed by atoms with E-state index in [-0.39, 0.29) is 11.1 Å². The minimum Gasteiger partial charge on any atom is -0.409 e. The molecule has 0 radical (unpaired) electrons. The number of oxime groups is 1. The number of hydrogen-bond donors (Lipinski definition) is 2. The minimum atomic E-state index is -0.239. The Morgan fingerprint density at radius 3 is 2.65 bits per heavy atom. The molecule has 88 valence electrons. The molecule has 0 bridgehead atoms. The van der Waals surface area contributed by atoms with Gasteiger partial charge >= 0.3 is 0 Å². The average Bonchev–Trinajstić information content (AvgIpc) is 2.71. The molecule has 0 aromatic heterocycles. The van der Waals surface area contributed by atoms with Gasteiger partial charge in [0.05, 0.1) is 4.91 Å². The highest BCUT2D eigenvalue weighted by atomic mass is 32.2. The van der Waals surface area contributed by atoms with Gasteiger partial charge < -0.3 is 5.21 Å². The molecular weight excluding hydrogens is 256 g/mol. The Hall–Kier alpha value is -1.40. The fourth-order valence-corrected chi connectivity index (χ4v) is 2.47. The molecule has 2 N–H and O–H groups in total. The highest BCUT2D eigenvalue weighted by Gasteiger charge is 2.23. The van der Waals surface area contributed by atoms with Gasteiger partial charge in [-0.1, -0.05) is 17.3 Å². The fraction of sp³-hybridized carbons (Fsp3) is 0.0909. The first-order valence-electron chi connectivity index (χ1n) is 4.80. The van der Waals surface area contributed by atoms with Crippen molar-refractivity contribution in [2.45, 2.75) is 4.90 Å². The maximum atomic E-state index is 11.5. The molecule has 0 spiro atoms. The van der Waals surface area contributed by atoms with E-state index in [9.17, 15) is 4.79 Å². The topological polar surface area (TPSA) is 61.7 Å². The summed E-state index contributed by atoms with van der Waals surface area (Å²) < 4.78 is 0. The van der Waals surface area contributed by atoms with Crippen LogP contribution in [0.4, 0.5) is 0 Å². The van der Waals surface area contributed by atoms with Crippen LogP contribution < -0.4 is 5.32 Å². The maximum absolute atomic E-state index is 11.5. The van der Waals surface area contributed by atoms with Gasteiger partial charge in [0.15, 0.2) is 0 Å². The molecule has 1 aliphatic heterocycles. The van der Waals surface area contributed by atoms with Gasteiger partial charge in [0.25, 0.3) is 5.91 Å². The Morgan fingerprint density at radius 1 is 1.41 bits per heavy atom. The molecule has 17 heavy (non-hydrogen) atoms. The zero-order valence-electron chi connectivity index (χ0n) is 9.01. The van der Waals surface area contributed by atoms with Crippen LogP contribution >= 0.6 is 23.5 Å². The summed E-state index contributed by atoms with van der Waals surface area (Å²) in [5.74, 6) is -0.239.